The molecule has 56 valence electrons. The molecule has 0 aromatic rings. The minimum Gasteiger partial charge on any atom is -0.283 e. The Morgan fingerprint density at radius 1 is 1.80 bits per heavy atom. The van der Waals surface area contributed by atoms with Crippen LogP contribution in [0.3, 0.4) is 0 Å². The van der Waals surface area contributed by atoms with Gasteiger partial charge in [-0.25, -0.2) is 0 Å². The van der Waals surface area contributed by atoms with Gasteiger partial charge in [0.25, 0.3) is 0 Å². The minimum absolute atomic E-state index is 0.0426. The molecule has 0 aromatic carbocycles. The molecular weight excluding hydrogens is 150 g/mol. The lowest BCUT2D eigenvalue weighted by molar-refractivity contribution is -0.137. The maximum Gasteiger partial charge on any atom is 0.241 e. The molecule has 4 heteroatoms. The highest BCUT2D eigenvalue weighted by Crippen LogP contribution is 2.17. The summed E-state index contributed by atoms with van der Waals surface area (Å²) >= 11 is 1.60. The third-order valence-electron chi connectivity index (χ3n) is 1.46. The fourth-order valence-electron chi connectivity index (χ4n) is 0.847. The number of carbonyl (C=O) groups excluding carboxylic acids is 2. The van der Waals surface area contributed by atoms with Crippen molar-refractivity contribution in [3.8, 4) is 0 Å². The van der Waals surface area contributed by atoms with E-state index >= 15 is 0 Å². The van der Waals surface area contributed by atoms with E-state index in [2.05, 4.69) is 0 Å². The zero-order chi connectivity index (χ0) is 7.56. The Morgan fingerprint density at radius 3 is 3.00 bits per heavy atom. The van der Waals surface area contributed by atoms with E-state index in [1.807, 2.05) is 6.92 Å². The van der Waals surface area contributed by atoms with Gasteiger partial charge in [-0.15, -0.1) is 11.8 Å². The normalized spacial score (nSPS) is 26.7. The van der Waals surface area contributed by atoms with Crippen LogP contribution in [0.25, 0.3) is 0 Å². The van der Waals surface area contributed by atoms with Crippen LogP contribution >= 0.6 is 11.8 Å². The van der Waals surface area contributed by atoms with Gasteiger partial charge in [-0.1, -0.05) is 0 Å². The second kappa shape index (κ2) is 3.05. The lowest BCUT2D eigenvalue weighted by Crippen LogP contribution is -2.41. The first kappa shape index (κ1) is 7.60. The molecule has 2 amide bonds. The fourth-order valence-corrected chi connectivity index (χ4v) is 1.78. The third kappa shape index (κ3) is 1.31. The van der Waals surface area contributed by atoms with Gasteiger partial charge in [-0.05, 0) is 6.92 Å². The summed E-state index contributed by atoms with van der Waals surface area (Å²) in [4.78, 5) is 22.5. The van der Waals surface area contributed by atoms with Crippen molar-refractivity contribution in [2.45, 2.75) is 12.2 Å². The molecular formula is C6H9NO2S. The Bertz CT molecular complexity index is 160. The molecule has 0 aromatic heterocycles. The summed E-state index contributed by atoms with van der Waals surface area (Å²) in [6, 6.07) is 0. The average molecular weight is 159 g/mol. The molecule has 0 saturated carbocycles. The van der Waals surface area contributed by atoms with Crippen molar-refractivity contribution in [1.82, 2.24) is 4.90 Å². The number of hydrogen-bond donors (Lipinski definition) is 0. The molecule has 0 radical (unpaired) electrons. The van der Waals surface area contributed by atoms with Gasteiger partial charge in [0, 0.05) is 12.3 Å². The van der Waals surface area contributed by atoms with Crippen LogP contribution in [-0.4, -0.2) is 34.8 Å². The van der Waals surface area contributed by atoms with E-state index in [1.165, 1.54) is 4.90 Å². The largest absolute Gasteiger partial charge is 0.283 e. The predicted molar refractivity (Wildman–Crippen MR) is 39.7 cm³/mol. The highest BCUT2D eigenvalue weighted by Gasteiger charge is 2.24. The third-order valence-corrected chi connectivity index (χ3v) is 2.58. The zero-order valence-corrected chi connectivity index (χ0v) is 6.56. The van der Waals surface area contributed by atoms with Crippen LogP contribution in [0.15, 0.2) is 0 Å². The first-order valence-corrected chi connectivity index (χ1v) is 4.18. The van der Waals surface area contributed by atoms with E-state index in [4.69, 9.17) is 0 Å². The van der Waals surface area contributed by atoms with Crippen molar-refractivity contribution in [2.24, 2.45) is 0 Å². The van der Waals surface area contributed by atoms with Crippen LogP contribution in [0.1, 0.15) is 6.92 Å². The quantitative estimate of drug-likeness (QED) is 0.509. The fraction of sp³-hybridized carbons (Fsp3) is 0.667. The summed E-state index contributed by atoms with van der Waals surface area (Å²) < 4.78 is 0. The van der Waals surface area contributed by atoms with Crippen molar-refractivity contribution in [3.05, 3.63) is 0 Å². The van der Waals surface area contributed by atoms with Gasteiger partial charge >= 0.3 is 0 Å². The summed E-state index contributed by atoms with van der Waals surface area (Å²) in [5.74, 6) is 0.803. The number of amides is 2. The molecule has 1 aliphatic rings. The van der Waals surface area contributed by atoms with Crippen LogP contribution in [0.4, 0.5) is 0 Å². The number of imide groups is 1. The molecule has 10 heavy (non-hydrogen) atoms. The monoisotopic (exact) mass is 159 g/mol. The maximum atomic E-state index is 11.0. The second-order valence-corrected chi connectivity index (χ2v) is 3.60. The van der Waals surface area contributed by atoms with Crippen LogP contribution in [0.2, 0.25) is 0 Å². The van der Waals surface area contributed by atoms with Crippen molar-refractivity contribution in [1.29, 1.82) is 0 Å². The number of nitrogens with zero attached hydrogens (tertiary/aromatic N) is 1. The van der Waals surface area contributed by atoms with E-state index in [1.54, 1.807) is 11.8 Å². The lowest BCUT2D eigenvalue weighted by atomic mass is 10.4. The van der Waals surface area contributed by atoms with Crippen LogP contribution in [-0.2, 0) is 9.59 Å². The summed E-state index contributed by atoms with van der Waals surface area (Å²) in [6.45, 7) is 2.39. The second-order valence-electron chi connectivity index (χ2n) is 2.15. The summed E-state index contributed by atoms with van der Waals surface area (Å²) in [6.07, 6.45) is 0.610. The molecule has 1 aliphatic heterocycles. The molecule has 0 bridgehead atoms. The van der Waals surface area contributed by atoms with E-state index in [0.29, 0.717) is 13.0 Å². The molecule has 1 saturated heterocycles. The van der Waals surface area contributed by atoms with Crippen molar-refractivity contribution >= 4 is 24.1 Å². The van der Waals surface area contributed by atoms with E-state index in [0.717, 1.165) is 5.75 Å². The number of carbonyl (C=O) groups is 2. The number of rotatable bonds is 1. The zero-order valence-electron chi connectivity index (χ0n) is 5.74. The molecule has 3 nitrogen and oxygen atoms in total. The van der Waals surface area contributed by atoms with Gasteiger partial charge in [0.2, 0.25) is 12.3 Å². The molecule has 1 atom stereocenters. The SMILES string of the molecule is CC1SCCN(C=O)C1=O. The topological polar surface area (TPSA) is 37.4 Å². The molecule has 0 aliphatic carbocycles. The van der Waals surface area contributed by atoms with E-state index in [9.17, 15) is 9.59 Å². The highest BCUT2D eigenvalue weighted by atomic mass is 32.2. The van der Waals surface area contributed by atoms with Crippen molar-refractivity contribution in [3.63, 3.8) is 0 Å². The summed E-state index contributed by atoms with van der Waals surface area (Å²) in [7, 11) is 0. The van der Waals surface area contributed by atoms with Gasteiger partial charge in [-0.2, -0.15) is 0 Å². The molecule has 1 fully saturated rings. The molecule has 0 spiro atoms. The average Bonchev–Trinajstić information content (AvgIpc) is 1.95. The van der Waals surface area contributed by atoms with E-state index < -0.39 is 0 Å². The Morgan fingerprint density at radius 2 is 2.50 bits per heavy atom. The maximum absolute atomic E-state index is 11.0. The standard InChI is InChI=1S/C6H9NO2S/c1-5-6(9)7(4-8)2-3-10-5/h4-5H,2-3H2,1H3. The van der Waals surface area contributed by atoms with Crippen LogP contribution in [0.5, 0.6) is 0 Å². The van der Waals surface area contributed by atoms with Crippen LogP contribution in [0, 0.1) is 0 Å². The first-order valence-electron chi connectivity index (χ1n) is 3.13. The Kier molecular flexibility index (Phi) is 2.32. The van der Waals surface area contributed by atoms with Gasteiger partial charge in [0.1, 0.15) is 0 Å². The van der Waals surface area contributed by atoms with Gasteiger partial charge in [0.05, 0.1) is 5.25 Å². The molecule has 1 rings (SSSR count). The smallest absolute Gasteiger partial charge is 0.241 e. The van der Waals surface area contributed by atoms with Crippen molar-refractivity contribution in [2.75, 3.05) is 12.3 Å². The van der Waals surface area contributed by atoms with Gasteiger partial charge < -0.3 is 0 Å². The molecule has 1 heterocycles. The predicted octanol–water partition coefficient (Wildman–Crippen LogP) is 0.107. The Labute approximate surface area is 63.8 Å². The minimum atomic E-state index is -0.0637. The molecule has 1 unspecified atom stereocenters. The number of hydrogen-bond acceptors (Lipinski definition) is 3. The summed E-state index contributed by atoms with van der Waals surface area (Å²) in [5.41, 5.74) is 0. The Balaban J connectivity index is 2.59. The Hall–Kier alpha value is -0.510. The van der Waals surface area contributed by atoms with E-state index in [-0.39, 0.29) is 11.2 Å². The van der Waals surface area contributed by atoms with Gasteiger partial charge in [-0.3, -0.25) is 14.5 Å². The van der Waals surface area contributed by atoms with Crippen molar-refractivity contribution < 1.29 is 9.59 Å². The highest BCUT2D eigenvalue weighted by molar-refractivity contribution is 8.00. The summed E-state index contributed by atoms with van der Waals surface area (Å²) in [5, 5.41) is -0.0426. The van der Waals surface area contributed by atoms with Crippen LogP contribution < -0.4 is 0 Å². The van der Waals surface area contributed by atoms with Gasteiger partial charge in [0.15, 0.2) is 0 Å². The molecule has 0 N–H and O–H groups in total. The first-order chi connectivity index (χ1) is 4.75. The lowest BCUT2D eigenvalue weighted by Gasteiger charge is -2.24. The number of thioether (sulfide) groups is 1.